The molecule has 1 aromatic carbocycles. The van der Waals surface area contributed by atoms with Crippen molar-refractivity contribution in [3.05, 3.63) is 66.4 Å². The largest absolute Gasteiger partial charge is 0.590 e. The van der Waals surface area contributed by atoms with E-state index in [1.165, 1.54) is 6.08 Å². The number of hydrogen-bond acceptors (Lipinski definition) is 6. The van der Waals surface area contributed by atoms with Crippen LogP contribution in [0.5, 0.6) is 0 Å². The first-order valence-electron chi connectivity index (χ1n) is 10.7. The molecule has 0 spiro atoms. The fourth-order valence-electron chi connectivity index (χ4n) is 3.29. The van der Waals surface area contributed by atoms with Gasteiger partial charge in [0, 0.05) is 24.1 Å². The van der Waals surface area contributed by atoms with Gasteiger partial charge in [0.1, 0.15) is 5.71 Å². The zero-order chi connectivity index (χ0) is 22.5. The van der Waals surface area contributed by atoms with E-state index < -0.39 is 7.25 Å². The highest BCUT2D eigenvalue weighted by atomic mass is 16.6. The molecule has 1 saturated heterocycles. The first-order valence-corrected chi connectivity index (χ1v) is 10.7. The predicted octanol–water partition coefficient (Wildman–Crippen LogP) is 4.63. The second-order valence-corrected chi connectivity index (χ2v) is 9.08. The minimum atomic E-state index is -0.507. The van der Waals surface area contributed by atoms with E-state index >= 15 is 0 Å². The lowest BCUT2D eigenvalue weighted by atomic mass is 9.74. The second kappa shape index (κ2) is 9.66. The van der Waals surface area contributed by atoms with E-state index in [4.69, 9.17) is 9.31 Å². The van der Waals surface area contributed by atoms with Gasteiger partial charge in [-0.3, -0.25) is 10.2 Å². The standard InChI is InChI=1S/C24H32BN3O3/c1-6-22(29)21(28-27-19-12-8-7-9-13-19)16-18-11-10-14-20(15-18)26-25-30-17-23(2,3)24(4,5)31-25/h6-9,12-15,26-27H,1,10-11,16-17H2,2-5H3/b28-21-. The molecule has 0 amide bonds. The summed E-state index contributed by atoms with van der Waals surface area (Å²) in [7, 11) is -0.507. The summed E-state index contributed by atoms with van der Waals surface area (Å²) in [4.78, 5) is 12.4. The summed E-state index contributed by atoms with van der Waals surface area (Å²) < 4.78 is 12.0. The average molecular weight is 421 g/mol. The number of para-hydroxylation sites is 1. The van der Waals surface area contributed by atoms with Crippen molar-refractivity contribution in [2.45, 2.75) is 52.6 Å². The van der Waals surface area contributed by atoms with Gasteiger partial charge < -0.3 is 14.5 Å². The third-order valence-corrected chi connectivity index (χ3v) is 6.06. The van der Waals surface area contributed by atoms with Gasteiger partial charge in [0.15, 0.2) is 0 Å². The van der Waals surface area contributed by atoms with Crippen LogP contribution in [0.15, 0.2) is 71.5 Å². The van der Waals surface area contributed by atoms with Crippen molar-refractivity contribution in [3.63, 3.8) is 0 Å². The van der Waals surface area contributed by atoms with E-state index in [0.717, 1.165) is 29.8 Å². The van der Waals surface area contributed by atoms with Gasteiger partial charge in [0.2, 0.25) is 5.78 Å². The van der Waals surface area contributed by atoms with Gasteiger partial charge in [-0.15, -0.1) is 0 Å². The van der Waals surface area contributed by atoms with Crippen LogP contribution in [0.4, 0.5) is 5.69 Å². The summed E-state index contributed by atoms with van der Waals surface area (Å²) in [6, 6.07) is 9.56. The Bertz CT molecular complexity index is 904. The lowest BCUT2D eigenvalue weighted by Gasteiger charge is -2.47. The Labute approximate surface area is 185 Å². The minimum Gasteiger partial charge on any atom is -0.391 e. The quantitative estimate of drug-likeness (QED) is 0.277. The van der Waals surface area contributed by atoms with Crippen molar-refractivity contribution in [3.8, 4) is 0 Å². The molecule has 0 aromatic heterocycles. The summed E-state index contributed by atoms with van der Waals surface area (Å²) in [6.07, 6.45) is 7.67. The van der Waals surface area contributed by atoms with Crippen LogP contribution in [0, 0.1) is 5.41 Å². The first kappa shape index (κ1) is 23.0. The van der Waals surface area contributed by atoms with E-state index in [0.29, 0.717) is 18.7 Å². The summed E-state index contributed by atoms with van der Waals surface area (Å²) in [6.45, 7) is 12.7. The molecule has 1 aliphatic carbocycles. The maximum atomic E-state index is 12.4. The third kappa shape index (κ3) is 5.96. The molecule has 164 valence electrons. The van der Waals surface area contributed by atoms with Crippen molar-refractivity contribution in [1.29, 1.82) is 0 Å². The molecule has 1 fully saturated rings. The lowest BCUT2D eigenvalue weighted by Crippen LogP contribution is -2.58. The van der Waals surface area contributed by atoms with Crippen LogP contribution in [0.25, 0.3) is 0 Å². The van der Waals surface area contributed by atoms with Crippen LogP contribution in [-0.4, -0.2) is 31.0 Å². The topological polar surface area (TPSA) is 72.0 Å². The molecule has 0 atom stereocenters. The van der Waals surface area contributed by atoms with Crippen molar-refractivity contribution >= 4 is 24.4 Å². The molecule has 0 saturated carbocycles. The van der Waals surface area contributed by atoms with Gasteiger partial charge >= 0.3 is 7.25 Å². The van der Waals surface area contributed by atoms with Gasteiger partial charge in [0.05, 0.1) is 11.3 Å². The fourth-order valence-corrected chi connectivity index (χ4v) is 3.29. The summed E-state index contributed by atoms with van der Waals surface area (Å²) >= 11 is 0. The van der Waals surface area contributed by atoms with Crippen molar-refractivity contribution in [2.75, 3.05) is 12.0 Å². The number of anilines is 1. The molecule has 1 heterocycles. The van der Waals surface area contributed by atoms with Crippen LogP contribution in [0.3, 0.4) is 0 Å². The Kier molecular flexibility index (Phi) is 7.18. The van der Waals surface area contributed by atoms with Gasteiger partial charge in [0.25, 0.3) is 0 Å². The van der Waals surface area contributed by atoms with E-state index in [2.05, 4.69) is 62.2 Å². The van der Waals surface area contributed by atoms with Gasteiger partial charge in [-0.2, -0.15) is 5.10 Å². The monoisotopic (exact) mass is 421 g/mol. The summed E-state index contributed by atoms with van der Waals surface area (Å²) in [5.74, 6) is -0.184. The van der Waals surface area contributed by atoms with E-state index in [1.54, 1.807) is 0 Å². The number of ketones is 1. The minimum absolute atomic E-state index is 0.0741. The number of benzene rings is 1. The highest BCUT2D eigenvalue weighted by Crippen LogP contribution is 2.37. The number of allylic oxidation sites excluding steroid dienone is 4. The van der Waals surface area contributed by atoms with Crippen LogP contribution in [0.1, 0.15) is 47.0 Å². The maximum Gasteiger partial charge on any atom is 0.590 e. The molecule has 3 rings (SSSR count). The molecular formula is C24H32BN3O3. The van der Waals surface area contributed by atoms with Gasteiger partial charge in [-0.25, -0.2) is 0 Å². The molecule has 31 heavy (non-hydrogen) atoms. The molecule has 0 bridgehead atoms. The van der Waals surface area contributed by atoms with Crippen molar-refractivity contribution in [1.82, 2.24) is 5.23 Å². The van der Waals surface area contributed by atoms with Gasteiger partial charge in [-0.05, 0) is 51.0 Å². The molecule has 1 aromatic rings. The molecule has 0 radical (unpaired) electrons. The smallest absolute Gasteiger partial charge is 0.391 e. The Morgan fingerprint density at radius 1 is 1.26 bits per heavy atom. The number of nitrogens with zero attached hydrogens (tertiary/aromatic N) is 1. The molecule has 2 N–H and O–H groups in total. The Hall–Kier alpha value is -2.64. The summed E-state index contributed by atoms with van der Waals surface area (Å²) in [5, 5.41) is 7.69. The third-order valence-electron chi connectivity index (χ3n) is 6.06. The van der Waals surface area contributed by atoms with E-state index in [-0.39, 0.29) is 16.8 Å². The highest BCUT2D eigenvalue weighted by molar-refractivity contribution is 6.44. The number of hydrogen-bond donors (Lipinski definition) is 2. The highest BCUT2D eigenvalue weighted by Gasteiger charge is 2.47. The number of carbonyl (C=O) groups is 1. The Morgan fingerprint density at radius 3 is 2.68 bits per heavy atom. The van der Waals surface area contributed by atoms with Crippen molar-refractivity contribution < 1.29 is 14.1 Å². The zero-order valence-corrected chi connectivity index (χ0v) is 18.9. The lowest BCUT2D eigenvalue weighted by molar-refractivity contribution is -0.109. The van der Waals surface area contributed by atoms with E-state index in [1.807, 2.05) is 30.3 Å². The Morgan fingerprint density at radius 2 is 2.00 bits per heavy atom. The summed E-state index contributed by atoms with van der Waals surface area (Å²) in [5.41, 5.74) is 5.88. The van der Waals surface area contributed by atoms with Crippen LogP contribution >= 0.6 is 0 Å². The number of nitrogens with one attached hydrogen (secondary N) is 2. The van der Waals surface area contributed by atoms with Crippen molar-refractivity contribution in [2.24, 2.45) is 10.5 Å². The van der Waals surface area contributed by atoms with Gasteiger partial charge in [-0.1, -0.05) is 50.3 Å². The SMILES string of the molecule is C=CC(=O)/C(CC1=CC(NB2OCC(C)(C)C(C)(C)O2)=CCC1)=N\Nc1ccccc1. The number of rotatable bonds is 8. The zero-order valence-electron chi connectivity index (χ0n) is 18.9. The van der Waals surface area contributed by atoms with Crippen LogP contribution in [0.2, 0.25) is 0 Å². The number of carbonyl (C=O) groups excluding carboxylic acids is 1. The second-order valence-electron chi connectivity index (χ2n) is 9.08. The molecule has 6 nitrogen and oxygen atoms in total. The number of hydrazone groups is 1. The average Bonchev–Trinajstić information content (AvgIpc) is 2.74. The molecular weight excluding hydrogens is 389 g/mol. The Balaban J connectivity index is 1.67. The van der Waals surface area contributed by atoms with E-state index in [9.17, 15) is 4.79 Å². The maximum absolute atomic E-state index is 12.4. The molecule has 7 heteroatoms. The van der Waals surface area contributed by atoms with Crippen LogP contribution < -0.4 is 10.7 Å². The molecule has 0 unspecified atom stereocenters. The molecule has 1 aliphatic heterocycles. The predicted molar refractivity (Wildman–Crippen MR) is 127 cm³/mol. The fraction of sp³-hybridized carbons (Fsp3) is 0.417. The first-order chi connectivity index (χ1) is 14.7. The normalized spacial score (nSPS) is 20.4. The van der Waals surface area contributed by atoms with Crippen LogP contribution in [-0.2, 0) is 14.1 Å². The molecule has 2 aliphatic rings.